The molecule has 0 atom stereocenters. The van der Waals surface area contributed by atoms with Gasteiger partial charge in [-0.05, 0) is 54.4 Å². The summed E-state index contributed by atoms with van der Waals surface area (Å²) in [5.41, 5.74) is 4.02. The number of nitrogens with zero attached hydrogens (tertiary/aromatic N) is 1. The van der Waals surface area contributed by atoms with Crippen LogP contribution in [0.5, 0.6) is 17.2 Å². The molecule has 0 aliphatic carbocycles. The molecule has 2 aromatic carbocycles. The Morgan fingerprint density at radius 2 is 1.84 bits per heavy atom. The molecule has 2 aromatic rings. The van der Waals surface area contributed by atoms with Crippen LogP contribution in [0.1, 0.15) is 11.1 Å². The standard InChI is InChI=1S/C18H19ClN2O4/c1-12-8-14(19)5-7-15(12)25-11-18(22)21-20-10-13-4-6-16(23-2)17(9-13)24-3/h4-10H,11H2,1-3H3,(H,21,22). The number of nitrogens with one attached hydrogen (secondary N) is 1. The molecule has 0 fully saturated rings. The zero-order valence-corrected chi connectivity index (χ0v) is 15.0. The molecule has 1 N–H and O–H groups in total. The summed E-state index contributed by atoms with van der Waals surface area (Å²) in [6.45, 7) is 1.71. The number of hydrogen-bond donors (Lipinski definition) is 1. The van der Waals surface area contributed by atoms with Gasteiger partial charge in [0.1, 0.15) is 5.75 Å². The fourth-order valence-electron chi connectivity index (χ4n) is 2.06. The second kappa shape index (κ2) is 8.94. The van der Waals surface area contributed by atoms with Gasteiger partial charge in [-0.25, -0.2) is 5.43 Å². The lowest BCUT2D eigenvalue weighted by Crippen LogP contribution is -2.24. The molecule has 0 aromatic heterocycles. The molecule has 1 amide bonds. The molecule has 0 bridgehead atoms. The van der Waals surface area contributed by atoms with E-state index in [1.807, 2.05) is 6.92 Å². The number of halogens is 1. The smallest absolute Gasteiger partial charge is 0.277 e. The van der Waals surface area contributed by atoms with Crippen LogP contribution in [-0.4, -0.2) is 32.9 Å². The minimum atomic E-state index is -0.369. The van der Waals surface area contributed by atoms with Crippen LogP contribution >= 0.6 is 11.6 Å². The maximum Gasteiger partial charge on any atom is 0.277 e. The summed E-state index contributed by atoms with van der Waals surface area (Å²) in [5.74, 6) is 1.43. The highest BCUT2D eigenvalue weighted by atomic mass is 35.5. The molecule has 0 spiro atoms. The molecule has 0 heterocycles. The predicted molar refractivity (Wildman–Crippen MR) is 97.0 cm³/mol. The molecule has 2 rings (SSSR count). The molecular weight excluding hydrogens is 344 g/mol. The molecule has 0 saturated carbocycles. The van der Waals surface area contributed by atoms with E-state index in [0.29, 0.717) is 22.3 Å². The molecule has 132 valence electrons. The maximum absolute atomic E-state index is 11.8. The van der Waals surface area contributed by atoms with Gasteiger partial charge in [0.25, 0.3) is 5.91 Å². The Morgan fingerprint density at radius 1 is 1.12 bits per heavy atom. The highest BCUT2D eigenvalue weighted by Crippen LogP contribution is 2.26. The van der Waals surface area contributed by atoms with Crippen molar-refractivity contribution < 1.29 is 19.0 Å². The second-order valence-corrected chi connectivity index (χ2v) is 5.54. The number of hydrogen-bond acceptors (Lipinski definition) is 5. The van der Waals surface area contributed by atoms with Crippen molar-refractivity contribution in [1.29, 1.82) is 0 Å². The highest BCUT2D eigenvalue weighted by molar-refractivity contribution is 6.30. The zero-order valence-electron chi connectivity index (χ0n) is 14.2. The molecule has 0 saturated heterocycles. The summed E-state index contributed by atoms with van der Waals surface area (Å²) in [4.78, 5) is 11.8. The summed E-state index contributed by atoms with van der Waals surface area (Å²) >= 11 is 5.88. The summed E-state index contributed by atoms with van der Waals surface area (Å²) in [7, 11) is 3.12. The molecule has 0 aliphatic rings. The van der Waals surface area contributed by atoms with Crippen LogP contribution in [0.25, 0.3) is 0 Å². The van der Waals surface area contributed by atoms with E-state index in [9.17, 15) is 4.79 Å². The lowest BCUT2D eigenvalue weighted by atomic mass is 10.2. The van der Waals surface area contributed by atoms with Crippen LogP contribution in [0.2, 0.25) is 5.02 Å². The lowest BCUT2D eigenvalue weighted by Gasteiger charge is -2.08. The fourth-order valence-corrected chi connectivity index (χ4v) is 2.29. The Balaban J connectivity index is 1.88. The van der Waals surface area contributed by atoms with Crippen LogP contribution in [-0.2, 0) is 4.79 Å². The third-order valence-corrected chi connectivity index (χ3v) is 3.54. The molecular formula is C18H19ClN2O4. The first-order valence-electron chi connectivity index (χ1n) is 7.46. The van der Waals surface area contributed by atoms with Crippen molar-refractivity contribution in [3.05, 3.63) is 52.5 Å². The van der Waals surface area contributed by atoms with E-state index in [4.69, 9.17) is 25.8 Å². The quantitative estimate of drug-likeness (QED) is 0.606. The molecule has 0 radical (unpaired) electrons. The van der Waals surface area contributed by atoms with Crippen molar-refractivity contribution in [1.82, 2.24) is 5.43 Å². The van der Waals surface area contributed by atoms with Crippen molar-refractivity contribution in [2.24, 2.45) is 5.10 Å². The van der Waals surface area contributed by atoms with Gasteiger partial charge in [-0.2, -0.15) is 5.10 Å². The zero-order chi connectivity index (χ0) is 18.2. The first kappa shape index (κ1) is 18.6. The highest BCUT2D eigenvalue weighted by Gasteiger charge is 2.05. The maximum atomic E-state index is 11.8. The van der Waals surface area contributed by atoms with Gasteiger partial charge in [0.15, 0.2) is 18.1 Å². The van der Waals surface area contributed by atoms with Crippen molar-refractivity contribution in [3.63, 3.8) is 0 Å². The van der Waals surface area contributed by atoms with Gasteiger partial charge < -0.3 is 14.2 Å². The average Bonchev–Trinajstić information content (AvgIpc) is 2.60. The van der Waals surface area contributed by atoms with Crippen LogP contribution < -0.4 is 19.6 Å². The number of aryl methyl sites for hydroxylation is 1. The van der Waals surface area contributed by atoms with Gasteiger partial charge in [-0.15, -0.1) is 0 Å². The van der Waals surface area contributed by atoms with E-state index in [0.717, 1.165) is 11.1 Å². The van der Waals surface area contributed by atoms with Gasteiger partial charge in [0.05, 0.1) is 20.4 Å². The number of carbonyl (C=O) groups excluding carboxylic acids is 1. The Hall–Kier alpha value is -2.73. The minimum Gasteiger partial charge on any atom is -0.493 e. The van der Waals surface area contributed by atoms with E-state index in [1.54, 1.807) is 50.6 Å². The Morgan fingerprint density at radius 3 is 2.52 bits per heavy atom. The van der Waals surface area contributed by atoms with Gasteiger partial charge in [0, 0.05) is 5.02 Å². The molecule has 7 heteroatoms. The van der Waals surface area contributed by atoms with E-state index in [-0.39, 0.29) is 12.5 Å². The lowest BCUT2D eigenvalue weighted by molar-refractivity contribution is -0.123. The number of ether oxygens (including phenoxy) is 3. The third-order valence-electron chi connectivity index (χ3n) is 3.31. The second-order valence-electron chi connectivity index (χ2n) is 5.11. The van der Waals surface area contributed by atoms with Gasteiger partial charge in [-0.1, -0.05) is 11.6 Å². The third kappa shape index (κ3) is 5.39. The van der Waals surface area contributed by atoms with Gasteiger partial charge >= 0.3 is 0 Å². The first-order chi connectivity index (χ1) is 12.0. The van der Waals surface area contributed by atoms with Crippen molar-refractivity contribution in [3.8, 4) is 17.2 Å². The molecule has 6 nitrogen and oxygen atoms in total. The van der Waals surface area contributed by atoms with Gasteiger partial charge in [0.2, 0.25) is 0 Å². The Labute approximate surface area is 151 Å². The number of carbonyl (C=O) groups is 1. The number of hydrazone groups is 1. The first-order valence-corrected chi connectivity index (χ1v) is 7.84. The van der Waals surface area contributed by atoms with Crippen LogP contribution in [0.15, 0.2) is 41.5 Å². The van der Waals surface area contributed by atoms with Crippen LogP contribution in [0.3, 0.4) is 0 Å². The number of benzene rings is 2. The van der Waals surface area contributed by atoms with E-state index < -0.39 is 0 Å². The summed E-state index contributed by atoms with van der Waals surface area (Å²) in [6, 6.07) is 10.5. The number of methoxy groups -OCH3 is 2. The fraction of sp³-hybridized carbons (Fsp3) is 0.222. The number of rotatable bonds is 7. The normalized spacial score (nSPS) is 10.6. The molecule has 25 heavy (non-hydrogen) atoms. The largest absolute Gasteiger partial charge is 0.493 e. The van der Waals surface area contributed by atoms with Crippen molar-refractivity contribution in [2.45, 2.75) is 6.92 Å². The SMILES string of the molecule is COc1ccc(C=NNC(=O)COc2ccc(Cl)cc2C)cc1OC. The summed E-state index contributed by atoms with van der Waals surface area (Å²) in [6.07, 6.45) is 1.51. The molecule has 0 unspecified atom stereocenters. The monoisotopic (exact) mass is 362 g/mol. The van der Waals surface area contributed by atoms with Crippen LogP contribution in [0, 0.1) is 6.92 Å². The van der Waals surface area contributed by atoms with E-state index >= 15 is 0 Å². The number of amides is 1. The topological polar surface area (TPSA) is 69.2 Å². The Kier molecular flexibility index (Phi) is 6.65. The molecule has 0 aliphatic heterocycles. The van der Waals surface area contributed by atoms with Crippen LogP contribution in [0.4, 0.5) is 0 Å². The summed E-state index contributed by atoms with van der Waals surface area (Å²) in [5, 5.41) is 4.52. The van der Waals surface area contributed by atoms with E-state index in [2.05, 4.69) is 10.5 Å². The van der Waals surface area contributed by atoms with Crippen molar-refractivity contribution >= 4 is 23.7 Å². The summed E-state index contributed by atoms with van der Waals surface area (Å²) < 4.78 is 15.8. The van der Waals surface area contributed by atoms with E-state index in [1.165, 1.54) is 6.21 Å². The average molecular weight is 363 g/mol. The predicted octanol–water partition coefficient (Wildman–Crippen LogP) is 3.19. The minimum absolute atomic E-state index is 0.147. The van der Waals surface area contributed by atoms with Crippen molar-refractivity contribution in [2.75, 3.05) is 20.8 Å². The van der Waals surface area contributed by atoms with Gasteiger partial charge in [-0.3, -0.25) is 4.79 Å². The Bertz CT molecular complexity index is 778.